The monoisotopic (exact) mass is 665 g/mol. The minimum atomic E-state index is -0.825. The van der Waals surface area contributed by atoms with Crippen LogP contribution in [0.4, 0.5) is 5.69 Å². The summed E-state index contributed by atoms with van der Waals surface area (Å²) in [5, 5.41) is 17.8. The van der Waals surface area contributed by atoms with Gasteiger partial charge in [-0.15, -0.1) is 0 Å². The van der Waals surface area contributed by atoms with Crippen molar-refractivity contribution >= 4 is 40.8 Å². The molecule has 4 aromatic rings. The molecule has 0 saturated carbocycles. The molecule has 11 nitrogen and oxygen atoms in total. The van der Waals surface area contributed by atoms with Crippen LogP contribution in [0.3, 0.4) is 0 Å². The number of aliphatic hydroxyl groups excluding tert-OH is 1. The van der Waals surface area contributed by atoms with Gasteiger partial charge in [-0.3, -0.25) is 19.3 Å². The van der Waals surface area contributed by atoms with Crippen LogP contribution in [0.2, 0.25) is 10.0 Å². The average molecular weight is 667 g/mol. The Morgan fingerprint density at radius 1 is 1.04 bits per heavy atom. The number of methoxy groups -OCH3 is 1. The van der Waals surface area contributed by atoms with Crippen LogP contribution in [0.1, 0.15) is 29.3 Å². The molecule has 5 rings (SSSR count). The Balaban J connectivity index is 1.37. The number of piperidine rings is 1. The summed E-state index contributed by atoms with van der Waals surface area (Å²) in [7, 11) is 3.00. The van der Waals surface area contributed by atoms with Gasteiger partial charge in [-0.2, -0.15) is 5.10 Å². The minimum Gasteiger partial charge on any atom is -0.481 e. The first-order chi connectivity index (χ1) is 22.1. The summed E-state index contributed by atoms with van der Waals surface area (Å²) >= 11 is 13.7. The Morgan fingerprint density at radius 3 is 2.48 bits per heavy atom. The Morgan fingerprint density at radius 2 is 1.76 bits per heavy atom. The zero-order valence-electron chi connectivity index (χ0n) is 25.5. The van der Waals surface area contributed by atoms with E-state index in [4.69, 9.17) is 37.7 Å². The van der Waals surface area contributed by atoms with Crippen molar-refractivity contribution in [2.45, 2.75) is 26.0 Å². The van der Waals surface area contributed by atoms with E-state index in [1.54, 1.807) is 25.1 Å². The minimum absolute atomic E-state index is 0.0696. The lowest BCUT2D eigenvalue weighted by molar-refractivity contribution is -0.155. The van der Waals surface area contributed by atoms with Gasteiger partial charge in [-0.1, -0.05) is 59.6 Å². The number of nitrogens with zero attached hydrogens (tertiary/aromatic N) is 4. The highest BCUT2D eigenvalue weighted by atomic mass is 35.5. The van der Waals surface area contributed by atoms with Crippen LogP contribution < -0.4 is 15.6 Å². The molecule has 1 aliphatic rings. The first-order valence-corrected chi connectivity index (χ1v) is 15.4. The van der Waals surface area contributed by atoms with E-state index in [0.29, 0.717) is 65.0 Å². The topological polar surface area (TPSA) is 136 Å². The number of hydrogen-bond acceptors (Lipinski definition) is 9. The van der Waals surface area contributed by atoms with E-state index >= 15 is 0 Å². The van der Waals surface area contributed by atoms with Gasteiger partial charge in [0.15, 0.2) is 0 Å². The molecule has 2 atom stereocenters. The maximum Gasteiger partial charge on any atom is 0.311 e. The number of β-amino-alcohol motifs (C(OH)–C–C–N with tert-alkyl or cyclic N) is 1. The molecule has 1 aliphatic heterocycles. The standard InChI is InChI=1S/C33H33Cl2N5O6/c1-4-46-33(44)23-14-16-40(18-27(23)41)17-19-11-12-25(38-31(19)45-3)22-9-5-7-20(28(22)34)21-8-6-10-26(29(21)35)37-30(42)24-13-15-36-39(2)32(24)43/h5-13,15,23,27,41H,4,14,16-18H2,1-3H3,(H,37,42)/t23-,27+/m0/s1. The van der Waals surface area contributed by atoms with Crippen molar-refractivity contribution in [2.75, 3.05) is 32.1 Å². The summed E-state index contributed by atoms with van der Waals surface area (Å²) in [5.41, 5.74) is 2.92. The molecule has 0 radical (unpaired) electrons. The maximum atomic E-state index is 12.9. The SMILES string of the molecule is CCOC(=O)[C@H]1CCN(Cc2ccc(-c3cccc(-c4cccc(NC(=O)c5ccnn(C)c5=O)c4Cl)c3Cl)nc2OC)C[C@H]1O. The van der Waals surface area contributed by atoms with Gasteiger partial charge in [-0.05, 0) is 38.1 Å². The van der Waals surface area contributed by atoms with Gasteiger partial charge < -0.3 is 19.9 Å². The van der Waals surface area contributed by atoms with Crippen molar-refractivity contribution in [1.82, 2.24) is 19.7 Å². The molecule has 3 heterocycles. The van der Waals surface area contributed by atoms with E-state index in [9.17, 15) is 19.5 Å². The summed E-state index contributed by atoms with van der Waals surface area (Å²) in [5.74, 6) is -1.11. The predicted octanol–water partition coefficient (Wildman–Crippen LogP) is 4.82. The Bertz CT molecular complexity index is 1830. The van der Waals surface area contributed by atoms with Gasteiger partial charge in [0.05, 0.1) is 47.2 Å². The molecule has 0 aliphatic carbocycles. The number of amides is 1. The molecule has 13 heteroatoms. The fourth-order valence-corrected chi connectivity index (χ4v) is 6.06. The number of rotatable bonds is 9. The number of benzene rings is 2. The third-order valence-corrected chi connectivity index (χ3v) is 8.66. The lowest BCUT2D eigenvalue weighted by atomic mass is 9.93. The Hall–Kier alpha value is -4.29. The number of pyridine rings is 1. The molecule has 1 amide bonds. The highest BCUT2D eigenvalue weighted by molar-refractivity contribution is 6.39. The lowest BCUT2D eigenvalue weighted by Crippen LogP contribution is -2.46. The van der Waals surface area contributed by atoms with Crippen molar-refractivity contribution in [2.24, 2.45) is 13.0 Å². The second-order valence-corrected chi connectivity index (χ2v) is 11.5. The highest BCUT2D eigenvalue weighted by Crippen LogP contribution is 2.41. The number of halogens is 2. The number of esters is 1. The summed E-state index contributed by atoms with van der Waals surface area (Å²) in [6, 6.07) is 15.7. The number of nitrogens with one attached hydrogen (secondary N) is 1. The van der Waals surface area contributed by atoms with Crippen LogP contribution in [0.15, 0.2) is 65.6 Å². The molecule has 0 unspecified atom stereocenters. The van der Waals surface area contributed by atoms with Gasteiger partial charge >= 0.3 is 5.97 Å². The van der Waals surface area contributed by atoms with Crippen LogP contribution in [0, 0.1) is 5.92 Å². The number of likely N-dealkylation sites (tertiary alicyclic amines) is 1. The summed E-state index contributed by atoms with van der Waals surface area (Å²) < 4.78 is 11.8. The first-order valence-electron chi connectivity index (χ1n) is 14.6. The highest BCUT2D eigenvalue weighted by Gasteiger charge is 2.34. The van der Waals surface area contributed by atoms with Gasteiger partial charge in [0, 0.05) is 48.6 Å². The molecule has 0 bridgehead atoms. The molecular formula is C33H33Cl2N5O6. The zero-order valence-corrected chi connectivity index (χ0v) is 27.0. The van der Waals surface area contributed by atoms with Crippen molar-refractivity contribution in [1.29, 1.82) is 0 Å². The molecule has 1 fully saturated rings. The van der Waals surface area contributed by atoms with Crippen molar-refractivity contribution < 1.29 is 24.2 Å². The molecule has 1 saturated heterocycles. The van der Waals surface area contributed by atoms with E-state index in [2.05, 4.69) is 10.4 Å². The number of ether oxygens (including phenoxy) is 2. The fourth-order valence-electron chi connectivity index (χ4n) is 5.46. The van der Waals surface area contributed by atoms with Gasteiger partial charge in [-0.25, -0.2) is 9.67 Å². The van der Waals surface area contributed by atoms with Gasteiger partial charge in [0.2, 0.25) is 5.88 Å². The maximum absolute atomic E-state index is 12.9. The second kappa shape index (κ2) is 14.4. The number of aryl methyl sites for hydroxylation is 1. The van der Waals surface area contributed by atoms with Crippen molar-refractivity contribution in [3.05, 3.63) is 92.3 Å². The summed E-state index contributed by atoms with van der Waals surface area (Å²) in [6.07, 6.45) is 1.04. The van der Waals surface area contributed by atoms with E-state index < -0.39 is 23.5 Å². The van der Waals surface area contributed by atoms with Crippen LogP contribution in [0.5, 0.6) is 5.88 Å². The Kier molecular flexibility index (Phi) is 10.4. The number of carbonyl (C=O) groups excluding carboxylic acids is 2. The van der Waals surface area contributed by atoms with Crippen molar-refractivity contribution in [3.8, 4) is 28.3 Å². The normalized spacial score (nSPS) is 16.6. The molecule has 46 heavy (non-hydrogen) atoms. The Labute approximate surface area is 275 Å². The average Bonchev–Trinajstić information content (AvgIpc) is 3.04. The summed E-state index contributed by atoms with van der Waals surface area (Å²) in [6.45, 7) is 3.43. The van der Waals surface area contributed by atoms with Crippen LogP contribution in [-0.4, -0.2) is 69.6 Å². The van der Waals surface area contributed by atoms with Gasteiger partial charge in [0.25, 0.3) is 11.5 Å². The molecule has 2 N–H and O–H groups in total. The van der Waals surface area contributed by atoms with Crippen LogP contribution in [0.25, 0.3) is 22.4 Å². The van der Waals surface area contributed by atoms with Crippen LogP contribution in [-0.2, 0) is 23.1 Å². The first kappa shape index (κ1) is 33.1. The number of anilines is 1. The third kappa shape index (κ3) is 6.92. The van der Waals surface area contributed by atoms with E-state index in [1.807, 2.05) is 35.2 Å². The quantitative estimate of drug-likeness (QED) is 0.241. The van der Waals surface area contributed by atoms with E-state index in [1.165, 1.54) is 26.4 Å². The zero-order chi connectivity index (χ0) is 33.0. The molecule has 2 aromatic heterocycles. The number of aliphatic hydroxyl groups is 1. The van der Waals surface area contributed by atoms with E-state index in [-0.39, 0.29) is 23.2 Å². The number of carbonyl (C=O) groups is 2. The molecular weight excluding hydrogens is 633 g/mol. The molecule has 240 valence electrons. The summed E-state index contributed by atoms with van der Waals surface area (Å²) in [4.78, 5) is 44.2. The largest absolute Gasteiger partial charge is 0.481 e. The second-order valence-electron chi connectivity index (χ2n) is 10.8. The molecule has 2 aromatic carbocycles. The predicted molar refractivity (Wildman–Crippen MR) is 175 cm³/mol. The number of hydrogen-bond donors (Lipinski definition) is 2. The van der Waals surface area contributed by atoms with Crippen LogP contribution >= 0.6 is 23.2 Å². The number of aromatic nitrogens is 3. The molecule has 0 spiro atoms. The lowest BCUT2D eigenvalue weighted by Gasteiger charge is -2.34. The van der Waals surface area contributed by atoms with Gasteiger partial charge in [0.1, 0.15) is 5.56 Å². The smallest absolute Gasteiger partial charge is 0.311 e. The van der Waals surface area contributed by atoms with E-state index in [0.717, 1.165) is 10.2 Å². The fraction of sp³-hybridized carbons (Fsp3) is 0.303. The van der Waals surface area contributed by atoms with Crippen molar-refractivity contribution in [3.63, 3.8) is 0 Å². The third-order valence-electron chi connectivity index (χ3n) is 7.84.